The Labute approximate surface area is 184 Å². The van der Waals surface area contributed by atoms with Gasteiger partial charge in [0.1, 0.15) is 24.0 Å². The molecule has 8 heteroatoms. The number of rotatable bonds is 5. The van der Waals surface area contributed by atoms with E-state index in [1.807, 2.05) is 12.1 Å². The highest BCUT2D eigenvalue weighted by Gasteiger charge is 2.40. The summed E-state index contributed by atoms with van der Waals surface area (Å²) in [4.78, 5) is 35.1. The van der Waals surface area contributed by atoms with E-state index < -0.39 is 0 Å². The Bertz CT molecular complexity index is 1140. The second-order valence-corrected chi connectivity index (χ2v) is 8.51. The maximum Gasteiger partial charge on any atom is 0.258 e. The number of halogens is 1. The van der Waals surface area contributed by atoms with Crippen molar-refractivity contribution >= 4 is 23.2 Å². The molecule has 31 heavy (non-hydrogen) atoms. The second kappa shape index (κ2) is 8.15. The quantitative estimate of drug-likeness (QED) is 0.611. The summed E-state index contributed by atoms with van der Waals surface area (Å²) in [6.07, 6.45) is 6.32. The fourth-order valence-electron chi connectivity index (χ4n) is 4.38. The number of pyridine rings is 3. The van der Waals surface area contributed by atoms with Gasteiger partial charge in [0, 0.05) is 44.4 Å². The van der Waals surface area contributed by atoms with Crippen molar-refractivity contribution in [3.8, 4) is 11.4 Å². The van der Waals surface area contributed by atoms with Gasteiger partial charge in [-0.25, -0.2) is 4.98 Å². The number of anilines is 1. The van der Waals surface area contributed by atoms with Crippen LogP contribution in [0.25, 0.3) is 5.69 Å². The van der Waals surface area contributed by atoms with E-state index in [0.717, 1.165) is 24.6 Å². The van der Waals surface area contributed by atoms with Crippen LogP contribution in [0.5, 0.6) is 5.75 Å². The van der Waals surface area contributed by atoms with E-state index in [0.29, 0.717) is 46.9 Å². The Morgan fingerprint density at radius 1 is 1.00 bits per heavy atom. The van der Waals surface area contributed by atoms with Crippen molar-refractivity contribution in [2.24, 2.45) is 11.8 Å². The first-order valence-electron chi connectivity index (χ1n) is 10.2. The van der Waals surface area contributed by atoms with Crippen molar-refractivity contribution in [1.82, 2.24) is 14.5 Å². The Hall–Kier alpha value is -3.19. The number of ketones is 1. The number of carbonyl (C=O) groups is 1. The van der Waals surface area contributed by atoms with Gasteiger partial charge >= 0.3 is 0 Å². The molecule has 1 saturated heterocycles. The first kappa shape index (κ1) is 19.8. The number of aromatic nitrogens is 3. The van der Waals surface area contributed by atoms with Gasteiger partial charge in [0.05, 0.1) is 22.6 Å². The fourth-order valence-corrected chi connectivity index (χ4v) is 4.49. The highest BCUT2D eigenvalue weighted by Crippen LogP contribution is 2.37. The van der Waals surface area contributed by atoms with Crippen LogP contribution in [-0.2, 0) is 11.4 Å². The Morgan fingerprint density at radius 3 is 2.45 bits per heavy atom. The molecule has 0 amide bonds. The summed E-state index contributed by atoms with van der Waals surface area (Å²) in [7, 11) is 0. The van der Waals surface area contributed by atoms with E-state index in [1.54, 1.807) is 36.8 Å². The third-order valence-electron chi connectivity index (χ3n) is 5.96. The third kappa shape index (κ3) is 4.18. The van der Waals surface area contributed by atoms with E-state index in [1.165, 1.54) is 10.6 Å². The van der Waals surface area contributed by atoms with Crippen molar-refractivity contribution in [3.05, 3.63) is 76.1 Å². The first-order valence-corrected chi connectivity index (χ1v) is 10.6. The number of fused-ring (bicyclic) bond motifs is 1. The van der Waals surface area contributed by atoms with Gasteiger partial charge in [-0.15, -0.1) is 0 Å². The summed E-state index contributed by atoms with van der Waals surface area (Å²) >= 11 is 5.83. The maximum absolute atomic E-state index is 12.6. The van der Waals surface area contributed by atoms with Crippen molar-refractivity contribution in [2.45, 2.75) is 19.4 Å². The minimum Gasteiger partial charge on any atom is -0.487 e. The van der Waals surface area contributed by atoms with Gasteiger partial charge in [-0.2, -0.15) is 0 Å². The second-order valence-electron chi connectivity index (χ2n) is 8.07. The lowest BCUT2D eigenvalue weighted by atomic mass is 10.0. The molecule has 5 rings (SSSR count). The van der Waals surface area contributed by atoms with E-state index in [4.69, 9.17) is 16.3 Å². The lowest BCUT2D eigenvalue weighted by Gasteiger charge is -2.18. The molecule has 2 fully saturated rings. The molecular formula is C23H21ClN4O3. The fraction of sp³-hybridized carbons (Fsp3) is 0.304. The van der Waals surface area contributed by atoms with Crippen LogP contribution in [0.3, 0.4) is 0 Å². The monoisotopic (exact) mass is 436 g/mol. The predicted molar refractivity (Wildman–Crippen MR) is 117 cm³/mol. The Balaban J connectivity index is 1.25. The zero-order valence-corrected chi connectivity index (χ0v) is 17.5. The van der Waals surface area contributed by atoms with Crippen molar-refractivity contribution in [1.29, 1.82) is 0 Å². The number of ether oxygens (including phenoxy) is 1. The van der Waals surface area contributed by atoms with Crippen LogP contribution in [0.4, 0.5) is 5.82 Å². The zero-order valence-electron chi connectivity index (χ0n) is 16.8. The van der Waals surface area contributed by atoms with Crippen molar-refractivity contribution in [3.63, 3.8) is 0 Å². The van der Waals surface area contributed by atoms with Gasteiger partial charge in [-0.3, -0.25) is 19.1 Å². The summed E-state index contributed by atoms with van der Waals surface area (Å²) < 4.78 is 7.20. The van der Waals surface area contributed by atoms with Gasteiger partial charge in [0.2, 0.25) is 0 Å². The van der Waals surface area contributed by atoms with E-state index >= 15 is 0 Å². The molecule has 7 nitrogen and oxygen atoms in total. The summed E-state index contributed by atoms with van der Waals surface area (Å²) in [5, 5.41) is 0.564. The summed E-state index contributed by atoms with van der Waals surface area (Å²) in [6.45, 7) is 1.99. The molecule has 0 spiro atoms. The molecule has 2 unspecified atom stereocenters. The highest BCUT2D eigenvalue weighted by molar-refractivity contribution is 6.30. The van der Waals surface area contributed by atoms with Gasteiger partial charge in [-0.1, -0.05) is 11.6 Å². The lowest BCUT2D eigenvalue weighted by molar-refractivity contribution is -0.117. The average Bonchev–Trinajstić information content (AvgIpc) is 3.31. The van der Waals surface area contributed by atoms with Gasteiger partial charge in [0.15, 0.2) is 0 Å². The molecule has 3 aromatic rings. The molecule has 0 bridgehead atoms. The Morgan fingerprint density at radius 2 is 1.81 bits per heavy atom. The number of hydrogen-bond acceptors (Lipinski definition) is 6. The van der Waals surface area contributed by atoms with E-state index in [2.05, 4.69) is 14.9 Å². The molecular weight excluding hydrogens is 416 g/mol. The average molecular weight is 437 g/mol. The van der Waals surface area contributed by atoms with E-state index in [-0.39, 0.29) is 12.2 Å². The summed E-state index contributed by atoms with van der Waals surface area (Å²) in [5.74, 6) is 2.64. The van der Waals surface area contributed by atoms with Crippen molar-refractivity contribution < 1.29 is 9.53 Å². The van der Waals surface area contributed by atoms with Crippen LogP contribution in [0.2, 0.25) is 5.02 Å². The minimum atomic E-state index is -0.203. The molecule has 0 aromatic carbocycles. The smallest absolute Gasteiger partial charge is 0.258 e. The van der Waals surface area contributed by atoms with Gasteiger partial charge in [0.25, 0.3) is 5.56 Å². The topological polar surface area (TPSA) is 77.3 Å². The van der Waals surface area contributed by atoms with Crippen LogP contribution in [0.1, 0.15) is 18.5 Å². The SMILES string of the molecule is O=C1CC2CN(c3ccc(-n4ccc(OCc5ccc(Cl)cn5)cc4=O)cn3)CC2C1. The van der Waals surface area contributed by atoms with Crippen LogP contribution >= 0.6 is 11.6 Å². The van der Waals surface area contributed by atoms with Gasteiger partial charge < -0.3 is 9.64 Å². The molecule has 2 aliphatic rings. The highest BCUT2D eigenvalue weighted by atomic mass is 35.5. The Kier molecular flexibility index (Phi) is 5.19. The molecule has 4 heterocycles. The van der Waals surface area contributed by atoms with Crippen LogP contribution in [-0.4, -0.2) is 33.4 Å². The number of Topliss-reactive ketones (excluding diaryl/α,β-unsaturated/α-hetero) is 1. The lowest BCUT2D eigenvalue weighted by Crippen LogP contribution is -2.23. The molecule has 1 aliphatic heterocycles. The molecule has 2 atom stereocenters. The predicted octanol–water partition coefficient (Wildman–Crippen LogP) is 3.28. The zero-order chi connectivity index (χ0) is 21.4. The number of carbonyl (C=O) groups excluding carboxylic acids is 1. The molecule has 158 valence electrons. The number of nitrogens with zero attached hydrogens (tertiary/aromatic N) is 4. The molecule has 1 aliphatic carbocycles. The molecule has 3 aromatic heterocycles. The normalized spacial score (nSPS) is 20.2. The van der Waals surface area contributed by atoms with Crippen LogP contribution in [0.15, 0.2) is 59.8 Å². The van der Waals surface area contributed by atoms with Gasteiger partial charge in [-0.05, 0) is 42.2 Å². The van der Waals surface area contributed by atoms with Crippen molar-refractivity contribution in [2.75, 3.05) is 18.0 Å². The minimum absolute atomic E-state index is 0.203. The molecule has 0 radical (unpaired) electrons. The third-order valence-corrected chi connectivity index (χ3v) is 6.18. The van der Waals surface area contributed by atoms with Crippen LogP contribution < -0.4 is 15.2 Å². The van der Waals surface area contributed by atoms with E-state index in [9.17, 15) is 9.59 Å². The summed E-state index contributed by atoms with van der Waals surface area (Å²) in [6, 6.07) is 10.5. The van der Waals surface area contributed by atoms with Crippen LogP contribution in [0, 0.1) is 11.8 Å². The standard InChI is InChI=1S/C23H21ClN4O3/c24-17-1-2-18(25-10-17)14-31-21-5-6-28(23(30)9-21)19-3-4-22(26-11-19)27-12-15-7-20(29)8-16(15)13-27/h1-6,9-11,15-16H,7-8,12-14H2. The summed E-state index contributed by atoms with van der Waals surface area (Å²) in [5.41, 5.74) is 1.21. The molecule has 1 saturated carbocycles. The maximum atomic E-state index is 12.6. The number of hydrogen-bond donors (Lipinski definition) is 0. The molecule has 0 N–H and O–H groups in total. The largest absolute Gasteiger partial charge is 0.487 e. The first-order chi connectivity index (χ1) is 15.0.